The molecular formula is C87H68NO9+. The van der Waals surface area contributed by atoms with E-state index >= 15 is 0 Å². The predicted octanol–water partition coefficient (Wildman–Crippen LogP) is 18.5. The molecule has 10 heteroatoms. The van der Waals surface area contributed by atoms with Crippen molar-refractivity contribution in [1.82, 2.24) is 0 Å². The van der Waals surface area contributed by atoms with Gasteiger partial charge < -0.3 is 18.7 Å². The molecule has 11 aromatic carbocycles. The van der Waals surface area contributed by atoms with Gasteiger partial charge in [-0.05, 0) is 109 Å². The first-order valence-electron chi connectivity index (χ1n) is 31.8. The lowest BCUT2D eigenvalue weighted by Gasteiger charge is -2.31. The second-order valence-corrected chi connectivity index (χ2v) is 24.5. The van der Waals surface area contributed by atoms with Crippen LogP contribution >= 0.6 is 0 Å². The Morgan fingerprint density at radius 2 is 0.701 bits per heavy atom. The molecule has 0 amide bonds. The summed E-state index contributed by atoms with van der Waals surface area (Å²) in [6.07, 6.45) is 14.1. The number of Topliss-reactive ketones (excluding diaryl/α,β-unsaturated/α-hetero) is 4. The second kappa shape index (κ2) is 28.5. The highest BCUT2D eigenvalue weighted by Crippen LogP contribution is 2.36. The molecule has 4 aliphatic rings. The minimum Gasteiger partial charge on any atom is -0.489 e. The third kappa shape index (κ3) is 14.2. The highest BCUT2D eigenvalue weighted by molar-refractivity contribution is 6.26. The summed E-state index contributed by atoms with van der Waals surface area (Å²) in [7, 11) is 4.35. The third-order valence-corrected chi connectivity index (χ3v) is 17.4. The monoisotopic (exact) mass is 1270 g/mol. The van der Waals surface area contributed by atoms with Crippen molar-refractivity contribution in [3.8, 4) is 5.75 Å². The van der Waals surface area contributed by atoms with Gasteiger partial charge >= 0.3 is 11.9 Å². The molecule has 0 spiro atoms. The summed E-state index contributed by atoms with van der Waals surface area (Å²) in [4.78, 5) is 74.4. The Labute approximate surface area is 563 Å². The highest BCUT2D eigenvalue weighted by Gasteiger charge is 2.29. The highest BCUT2D eigenvalue weighted by atomic mass is 16.5. The molecule has 15 rings (SSSR count). The molecule has 4 aliphatic carbocycles. The number of ketones is 4. The van der Waals surface area contributed by atoms with Gasteiger partial charge in [0.05, 0.1) is 25.2 Å². The Bertz CT molecular complexity index is 5170. The Hall–Kier alpha value is -12.2. The van der Waals surface area contributed by atoms with E-state index in [1.807, 2.05) is 158 Å². The van der Waals surface area contributed by atoms with Crippen molar-refractivity contribution in [3.05, 3.63) is 345 Å². The molecule has 97 heavy (non-hydrogen) atoms. The number of nitrogens with zero attached hydrogens (tertiary/aromatic N) is 1. The van der Waals surface area contributed by atoms with Crippen LogP contribution in [0.25, 0.3) is 85.6 Å². The molecule has 0 heterocycles. The van der Waals surface area contributed by atoms with E-state index in [-0.39, 0.29) is 43.0 Å². The molecule has 0 saturated heterocycles. The number of likely N-dealkylation sites (N-methyl/N-ethyl adjacent to an activating group) is 1. The molecule has 0 radical (unpaired) electrons. The summed E-state index contributed by atoms with van der Waals surface area (Å²) in [6.45, 7) is 16.3. The molecule has 0 atom stereocenters. The van der Waals surface area contributed by atoms with Gasteiger partial charge in [-0.15, -0.1) is 0 Å². The summed E-state index contributed by atoms with van der Waals surface area (Å²) < 4.78 is 16.9. The van der Waals surface area contributed by atoms with Gasteiger partial charge in [0.25, 0.3) is 0 Å². The largest absolute Gasteiger partial charge is 0.489 e. The zero-order valence-electron chi connectivity index (χ0n) is 53.9. The van der Waals surface area contributed by atoms with E-state index in [2.05, 4.69) is 95.0 Å². The van der Waals surface area contributed by atoms with Gasteiger partial charge in [-0.2, -0.15) is 0 Å². The van der Waals surface area contributed by atoms with Crippen molar-refractivity contribution in [2.75, 3.05) is 40.5 Å². The van der Waals surface area contributed by atoms with Gasteiger partial charge in [-0.1, -0.05) is 239 Å². The number of hydrogen-bond donors (Lipinski definition) is 0. The maximum absolute atomic E-state index is 13.1. The Kier molecular flexibility index (Phi) is 19.1. The molecule has 0 unspecified atom stereocenters. The van der Waals surface area contributed by atoms with Gasteiger partial charge in [-0.25, -0.2) is 9.59 Å². The van der Waals surface area contributed by atoms with Gasteiger partial charge in [0.2, 0.25) is 0 Å². The fourth-order valence-electron chi connectivity index (χ4n) is 12.7. The second-order valence-electron chi connectivity index (χ2n) is 24.5. The van der Waals surface area contributed by atoms with Crippen molar-refractivity contribution in [1.29, 1.82) is 0 Å². The lowest BCUT2D eigenvalue weighted by atomic mass is 9.87. The average Bonchev–Trinajstić information content (AvgIpc) is 0.793. The molecule has 0 aromatic heterocycles. The normalized spacial score (nSPS) is 13.0. The van der Waals surface area contributed by atoms with E-state index in [0.717, 1.165) is 122 Å². The predicted molar refractivity (Wildman–Crippen MR) is 392 cm³/mol. The fraction of sp³-hybridized carbons (Fsp3) is 0.0805. The van der Waals surface area contributed by atoms with Crippen molar-refractivity contribution in [2.24, 2.45) is 0 Å². The van der Waals surface area contributed by atoms with E-state index in [1.54, 1.807) is 48.6 Å². The van der Waals surface area contributed by atoms with Crippen LogP contribution in [0.4, 0.5) is 0 Å². The van der Waals surface area contributed by atoms with Gasteiger partial charge in [0, 0.05) is 72.2 Å². The van der Waals surface area contributed by atoms with Crippen molar-refractivity contribution in [2.45, 2.75) is 6.54 Å². The molecule has 0 fully saturated rings. The van der Waals surface area contributed by atoms with E-state index < -0.39 is 11.9 Å². The van der Waals surface area contributed by atoms with E-state index in [1.165, 1.54) is 5.56 Å². The maximum Gasteiger partial charge on any atom is 0.338 e. The average molecular weight is 1270 g/mol. The summed E-state index contributed by atoms with van der Waals surface area (Å²) in [5, 5.41) is 8.31. The van der Waals surface area contributed by atoms with Crippen LogP contribution in [-0.4, -0.2) is 80.0 Å². The first kappa shape index (κ1) is 64.8. The Balaban J connectivity index is 0.000000124. The minimum absolute atomic E-state index is 0.0333. The van der Waals surface area contributed by atoms with Crippen molar-refractivity contribution in [3.63, 3.8) is 0 Å². The summed E-state index contributed by atoms with van der Waals surface area (Å²) in [6, 6.07) is 70.4. The molecular weight excluding hydrogens is 1200 g/mol. The lowest BCUT2D eigenvalue weighted by molar-refractivity contribution is -0.898. The van der Waals surface area contributed by atoms with E-state index in [4.69, 9.17) is 14.2 Å². The van der Waals surface area contributed by atoms with Crippen LogP contribution in [0.15, 0.2) is 273 Å². The van der Waals surface area contributed by atoms with Crippen LogP contribution in [0, 0.1) is 0 Å². The van der Waals surface area contributed by atoms with E-state index in [0.29, 0.717) is 40.0 Å². The molecule has 0 bridgehead atoms. The summed E-state index contributed by atoms with van der Waals surface area (Å²) in [5.74, 6) is -0.224. The molecule has 474 valence electrons. The first-order chi connectivity index (χ1) is 47.1. The van der Waals surface area contributed by atoms with Gasteiger partial charge in [0.15, 0.2) is 23.1 Å². The number of ether oxygens (including phenoxy) is 3. The van der Waals surface area contributed by atoms with Crippen LogP contribution in [-0.2, 0) is 20.8 Å². The fourth-order valence-corrected chi connectivity index (χ4v) is 12.7. The molecule has 0 saturated carbocycles. The number of carbonyl (C=O) groups excluding carboxylic acids is 6. The molecule has 11 aromatic rings. The number of rotatable bonds is 16. The van der Waals surface area contributed by atoms with Crippen LogP contribution in [0.2, 0.25) is 0 Å². The quantitative estimate of drug-likeness (QED) is 0.0527. The SMILES string of the molecule is C=CC(=O)OCC1=Cc2cccc3cccc(c23)C1=O.C=Cc1ccc(C(=O)OCC2=Cc3cccc4cccc(c34)C2=O)cc1.C=Cc1ccc(C[N+](C)(C)CC2=Cc3cccc4cccc(c34)C2=O)cc1.C=Cc1ccc(OCC2=Cc3cccc4cccc(c34)C2=O)cc1. The van der Waals surface area contributed by atoms with Crippen LogP contribution in [0.3, 0.4) is 0 Å². The smallest absolute Gasteiger partial charge is 0.338 e. The number of hydrogen-bond acceptors (Lipinski definition) is 9. The van der Waals surface area contributed by atoms with Crippen molar-refractivity contribution >= 4 is 121 Å². The minimum atomic E-state index is -0.532. The molecule has 0 N–H and O–H groups in total. The first-order valence-corrected chi connectivity index (χ1v) is 31.8. The number of benzene rings is 11. The lowest BCUT2D eigenvalue weighted by Crippen LogP contribution is -2.41. The third-order valence-electron chi connectivity index (χ3n) is 17.4. The molecule has 10 nitrogen and oxygen atoms in total. The number of quaternary nitrogens is 1. The zero-order chi connectivity index (χ0) is 67.7. The van der Waals surface area contributed by atoms with E-state index in [9.17, 15) is 28.8 Å². The van der Waals surface area contributed by atoms with Crippen LogP contribution in [0.5, 0.6) is 5.75 Å². The maximum atomic E-state index is 13.1. The Morgan fingerprint density at radius 1 is 0.371 bits per heavy atom. The van der Waals surface area contributed by atoms with Gasteiger partial charge in [-0.3, -0.25) is 19.2 Å². The number of esters is 2. The molecule has 0 aliphatic heterocycles. The summed E-state index contributed by atoms with van der Waals surface area (Å²) >= 11 is 0. The number of carbonyl (C=O) groups is 6. The Morgan fingerprint density at radius 3 is 1.08 bits per heavy atom. The van der Waals surface area contributed by atoms with Crippen LogP contribution in [0.1, 0.15) is 96.3 Å². The van der Waals surface area contributed by atoms with Gasteiger partial charge in [0.1, 0.15) is 38.7 Å². The topological polar surface area (TPSA) is 130 Å². The standard InChI is InChI=1S/C25H24NO.C23H16O3.C22H16O2.C17H12O3/c1-4-18-11-13-19(14-12-18)16-26(2,3)17-22-15-21-9-5-7-20-8-6-10-23(24(20)21)25(22)27;1-2-15-9-11-17(12-10-15)23(25)26-14-19-13-18-7-3-5-16-6-4-8-20(21(16)18)22(19)24;1-2-15-9-11-19(12-10-15)24-14-18-13-17-7-3-5-16-6-4-8-20(21(16)17)22(18)23;1-2-15(18)20-10-13-9-12-7-3-5-11-6-4-8-14(16(11)12)17(13)19/h4-15H,1,16-17H2,2-3H3;2-13H,1,14H2;2-13H,1,14H2;2-9H,1,10H2/q+1;;;. The summed E-state index contributed by atoms with van der Waals surface area (Å²) in [5.41, 5.74) is 14.4. The van der Waals surface area contributed by atoms with Crippen molar-refractivity contribution < 1.29 is 47.5 Å². The van der Waals surface area contributed by atoms with Crippen LogP contribution < -0.4 is 4.74 Å². The zero-order valence-corrected chi connectivity index (χ0v) is 53.9.